The number of benzene rings is 2. The van der Waals surface area contributed by atoms with E-state index in [9.17, 15) is 31.9 Å². The van der Waals surface area contributed by atoms with Gasteiger partial charge in [0.25, 0.3) is 0 Å². The second-order valence-corrected chi connectivity index (χ2v) is 8.52. The quantitative estimate of drug-likeness (QED) is 0.380. The number of aromatic nitrogens is 3. The number of carbonyl (C=O) groups is 2. The molecule has 3 N–H and O–H groups in total. The summed E-state index contributed by atoms with van der Waals surface area (Å²) in [5.41, 5.74) is 4.14. The number of carbonyl (C=O) groups excluding carboxylic acids is 2. The fraction of sp³-hybridized carbons (Fsp3) is 0.273. The van der Waals surface area contributed by atoms with Gasteiger partial charge in [0, 0.05) is 22.7 Å². The van der Waals surface area contributed by atoms with Crippen molar-refractivity contribution >= 4 is 35.2 Å². The van der Waals surface area contributed by atoms with Crippen LogP contribution in [0.5, 0.6) is 0 Å². The van der Waals surface area contributed by atoms with Gasteiger partial charge in [-0.05, 0) is 30.3 Å². The van der Waals surface area contributed by atoms with E-state index < -0.39 is 61.8 Å². The summed E-state index contributed by atoms with van der Waals surface area (Å²) < 4.78 is 59.3. The first-order chi connectivity index (χ1) is 17.4. The minimum Gasteiger partial charge on any atom is -0.447 e. The van der Waals surface area contributed by atoms with E-state index in [2.05, 4.69) is 10.4 Å². The van der Waals surface area contributed by atoms with E-state index in [0.717, 1.165) is 4.57 Å². The molecule has 2 aromatic carbocycles. The second-order valence-electron chi connectivity index (χ2n) is 7.68. The second kappa shape index (κ2) is 11.6. The van der Waals surface area contributed by atoms with Gasteiger partial charge in [-0.25, -0.2) is 18.7 Å². The largest absolute Gasteiger partial charge is 0.447 e. The lowest BCUT2D eigenvalue weighted by atomic mass is 10.1. The Hall–Kier alpha value is -3.58. The van der Waals surface area contributed by atoms with Crippen molar-refractivity contribution in [2.75, 3.05) is 6.61 Å². The van der Waals surface area contributed by atoms with Crippen LogP contribution in [0.2, 0.25) is 10.0 Å². The van der Waals surface area contributed by atoms with E-state index in [-0.39, 0.29) is 22.0 Å². The molecular weight excluding hydrogens is 545 g/mol. The summed E-state index contributed by atoms with van der Waals surface area (Å²) in [6.45, 7) is -2.05. The van der Waals surface area contributed by atoms with Crippen molar-refractivity contribution in [3.8, 4) is 11.4 Å². The summed E-state index contributed by atoms with van der Waals surface area (Å²) >= 11 is 11.7. The average Bonchev–Trinajstić information content (AvgIpc) is 3.12. The van der Waals surface area contributed by atoms with Gasteiger partial charge in [-0.3, -0.25) is 9.36 Å². The highest BCUT2D eigenvalue weighted by Gasteiger charge is 2.29. The number of alkyl halides is 3. The predicted molar refractivity (Wildman–Crippen MR) is 125 cm³/mol. The zero-order valence-electron chi connectivity index (χ0n) is 18.8. The van der Waals surface area contributed by atoms with Crippen LogP contribution in [0, 0.1) is 5.82 Å². The molecule has 0 saturated heterocycles. The molecule has 0 aliphatic heterocycles. The van der Waals surface area contributed by atoms with Crippen molar-refractivity contribution in [1.82, 2.24) is 19.7 Å². The number of hydrogen-bond acceptors (Lipinski definition) is 5. The Balaban J connectivity index is 1.90. The summed E-state index contributed by atoms with van der Waals surface area (Å²) in [5.74, 6) is -1.89. The van der Waals surface area contributed by atoms with Crippen LogP contribution in [0.3, 0.4) is 0 Å². The molecule has 0 spiro atoms. The van der Waals surface area contributed by atoms with Gasteiger partial charge in [-0.2, -0.15) is 13.2 Å². The van der Waals surface area contributed by atoms with Gasteiger partial charge in [-0.15, -0.1) is 5.10 Å². The Morgan fingerprint density at radius 1 is 1.14 bits per heavy atom. The van der Waals surface area contributed by atoms with E-state index >= 15 is 0 Å². The fourth-order valence-electron chi connectivity index (χ4n) is 3.34. The van der Waals surface area contributed by atoms with Crippen LogP contribution >= 0.6 is 23.2 Å². The molecule has 0 aliphatic carbocycles. The van der Waals surface area contributed by atoms with Crippen molar-refractivity contribution in [2.45, 2.75) is 31.7 Å². The molecule has 0 bridgehead atoms. The van der Waals surface area contributed by atoms with Gasteiger partial charge in [0.2, 0.25) is 5.91 Å². The van der Waals surface area contributed by atoms with E-state index in [0.29, 0.717) is 9.70 Å². The zero-order chi connectivity index (χ0) is 27.3. The molecule has 1 aromatic heterocycles. The summed E-state index contributed by atoms with van der Waals surface area (Å²) in [4.78, 5) is 36.7. The number of nitrogens with two attached hydrogens (primary N) is 1. The van der Waals surface area contributed by atoms with Crippen molar-refractivity contribution in [2.24, 2.45) is 5.73 Å². The van der Waals surface area contributed by atoms with Crippen LogP contribution in [0.25, 0.3) is 11.4 Å². The van der Waals surface area contributed by atoms with Crippen molar-refractivity contribution < 1.29 is 31.9 Å². The van der Waals surface area contributed by atoms with Crippen LogP contribution in [-0.4, -0.2) is 39.1 Å². The fourth-order valence-corrected chi connectivity index (χ4v) is 3.64. The maximum atomic E-state index is 14.5. The van der Waals surface area contributed by atoms with Crippen LogP contribution < -0.4 is 16.7 Å². The number of nitrogens with zero attached hydrogens (tertiary/aromatic N) is 3. The topological polar surface area (TPSA) is 121 Å². The first kappa shape index (κ1) is 28.0. The van der Waals surface area contributed by atoms with Crippen molar-refractivity contribution in [3.05, 3.63) is 74.4 Å². The normalized spacial score (nSPS) is 12.3. The molecule has 0 aliphatic rings. The number of halogens is 6. The van der Waals surface area contributed by atoms with Gasteiger partial charge in [0.1, 0.15) is 19.0 Å². The first-order valence-electron chi connectivity index (χ1n) is 10.5. The number of primary amides is 1. The molecule has 15 heteroatoms. The smallest absolute Gasteiger partial charge is 0.404 e. The molecule has 9 nitrogen and oxygen atoms in total. The predicted octanol–water partition coefficient (Wildman–Crippen LogP) is 4.06. The first-order valence-corrected chi connectivity index (χ1v) is 11.3. The Morgan fingerprint density at radius 3 is 2.43 bits per heavy atom. The molecule has 3 aromatic rings. The molecule has 3 rings (SSSR count). The number of rotatable bonds is 9. The van der Waals surface area contributed by atoms with Gasteiger partial charge in [0.15, 0.2) is 5.82 Å². The summed E-state index contributed by atoms with van der Waals surface area (Å²) in [6.07, 6.45) is -7.05. The molecule has 37 heavy (non-hydrogen) atoms. The third-order valence-corrected chi connectivity index (χ3v) is 5.57. The Morgan fingerprint density at radius 2 is 1.81 bits per heavy atom. The summed E-state index contributed by atoms with van der Waals surface area (Å²) in [7, 11) is 0. The lowest BCUT2D eigenvalue weighted by molar-refractivity contribution is -0.136. The number of hydrogen-bond donors (Lipinski definition) is 2. The van der Waals surface area contributed by atoms with E-state index in [1.54, 1.807) is 0 Å². The number of nitrogens with one attached hydrogen (secondary N) is 1. The minimum absolute atomic E-state index is 0.117. The van der Waals surface area contributed by atoms with Crippen LogP contribution in [-0.2, 0) is 22.6 Å². The molecular formula is C22H19Cl2F4N5O4. The maximum absolute atomic E-state index is 14.5. The lowest BCUT2D eigenvalue weighted by Crippen LogP contribution is -2.38. The third-order valence-electron chi connectivity index (χ3n) is 5.02. The zero-order valence-corrected chi connectivity index (χ0v) is 20.3. The highest BCUT2D eigenvalue weighted by atomic mass is 35.5. The molecule has 198 valence electrons. The third kappa shape index (κ3) is 7.46. The average molecular weight is 564 g/mol. The molecule has 1 heterocycles. The Bertz CT molecular complexity index is 1340. The summed E-state index contributed by atoms with van der Waals surface area (Å²) in [6, 6.07) is 8.53. The Kier molecular flexibility index (Phi) is 8.81. The minimum atomic E-state index is -4.55. The Labute approximate surface area is 216 Å². The molecule has 0 radical (unpaired) electrons. The molecule has 0 saturated carbocycles. The van der Waals surface area contributed by atoms with E-state index in [1.165, 1.54) is 42.5 Å². The van der Waals surface area contributed by atoms with Gasteiger partial charge in [0.05, 0.1) is 17.5 Å². The van der Waals surface area contributed by atoms with Gasteiger partial charge >= 0.3 is 18.0 Å². The van der Waals surface area contributed by atoms with E-state index in [4.69, 9.17) is 33.7 Å². The molecule has 0 fully saturated rings. The standard InChI is InChI=1S/C22H19Cl2F4N5O4/c23-13-6-4-12(5-7-13)19-31-33(21(36)32(19)9-8-22(26,27)28)10-17(34)30-16(11-37-20(29)35)14-2-1-3-15(24)18(14)25/h1-7,16H,8-11H2,(H2,29,35)(H,30,34). The van der Waals surface area contributed by atoms with E-state index in [1.807, 2.05) is 0 Å². The van der Waals surface area contributed by atoms with Crippen molar-refractivity contribution in [3.63, 3.8) is 0 Å². The highest BCUT2D eigenvalue weighted by Crippen LogP contribution is 2.25. The number of ether oxygens (including phenoxy) is 1. The molecule has 1 unspecified atom stereocenters. The van der Waals surface area contributed by atoms with Crippen LogP contribution in [0.15, 0.2) is 47.3 Å². The molecule has 1 atom stereocenters. The highest BCUT2D eigenvalue weighted by molar-refractivity contribution is 6.31. The van der Waals surface area contributed by atoms with Gasteiger partial charge in [-0.1, -0.05) is 35.3 Å². The maximum Gasteiger partial charge on any atom is 0.404 e. The summed E-state index contributed by atoms with van der Waals surface area (Å²) in [5, 5.41) is 6.51. The lowest BCUT2D eigenvalue weighted by Gasteiger charge is -2.19. The van der Waals surface area contributed by atoms with Crippen LogP contribution in [0.1, 0.15) is 18.0 Å². The van der Waals surface area contributed by atoms with Crippen molar-refractivity contribution in [1.29, 1.82) is 0 Å². The SMILES string of the molecule is NC(=O)OCC(NC(=O)Cn1nc(-c2ccc(Cl)cc2)n(CCC(F)(F)F)c1=O)c1cccc(Cl)c1F. The van der Waals surface area contributed by atoms with Crippen LogP contribution in [0.4, 0.5) is 22.4 Å². The van der Waals surface area contributed by atoms with Gasteiger partial charge < -0.3 is 15.8 Å². The molecule has 2 amide bonds. The monoisotopic (exact) mass is 563 g/mol. The number of amides is 2.